The van der Waals surface area contributed by atoms with Gasteiger partial charge in [0.05, 0.1) is 5.69 Å². The first-order valence-corrected chi connectivity index (χ1v) is 11.5. The maximum absolute atomic E-state index is 12.5. The molecule has 0 spiro atoms. The van der Waals surface area contributed by atoms with Crippen LogP contribution in [-0.4, -0.2) is 46.8 Å². The number of ether oxygens (including phenoxy) is 3. The van der Waals surface area contributed by atoms with Gasteiger partial charge in [-0.15, -0.1) is 0 Å². The normalized spacial score (nSPS) is 15.5. The standard InChI is InChI=1S/C26H30N2O8/c1-26(2,3)36-25(33)28-19(24(31)32)14-17-9-10-20-18(13-17)27-23(30)21(35-20)11-12-22(29)34-15-16-7-5-4-6-8-16/h4-10,13,19,21H,11-12,14-15H2,1-3H3,(H,27,30)(H,28,33)(H,31,32)/t19-,21+/m0/s1. The van der Waals surface area contributed by atoms with E-state index in [0.717, 1.165) is 5.56 Å². The molecule has 0 fully saturated rings. The summed E-state index contributed by atoms with van der Waals surface area (Å²) in [5, 5.41) is 14.6. The highest BCUT2D eigenvalue weighted by Crippen LogP contribution is 2.32. The predicted molar refractivity (Wildman–Crippen MR) is 129 cm³/mol. The molecule has 1 heterocycles. The van der Waals surface area contributed by atoms with E-state index in [1.165, 1.54) is 0 Å². The van der Waals surface area contributed by atoms with Crippen molar-refractivity contribution in [2.45, 2.75) is 64.4 Å². The number of aliphatic carboxylic acids is 1. The maximum Gasteiger partial charge on any atom is 0.408 e. The van der Waals surface area contributed by atoms with E-state index in [4.69, 9.17) is 14.2 Å². The second-order valence-corrected chi connectivity index (χ2v) is 9.35. The monoisotopic (exact) mass is 498 g/mol. The molecule has 0 aliphatic carbocycles. The number of carbonyl (C=O) groups excluding carboxylic acids is 3. The van der Waals surface area contributed by atoms with Crippen molar-refractivity contribution in [2.24, 2.45) is 0 Å². The summed E-state index contributed by atoms with van der Waals surface area (Å²) in [4.78, 5) is 48.2. The number of amides is 2. The van der Waals surface area contributed by atoms with E-state index in [-0.39, 0.29) is 25.9 Å². The van der Waals surface area contributed by atoms with Crippen LogP contribution in [0.4, 0.5) is 10.5 Å². The van der Waals surface area contributed by atoms with Gasteiger partial charge < -0.3 is 30.0 Å². The fourth-order valence-electron chi connectivity index (χ4n) is 3.46. The second kappa shape index (κ2) is 11.6. The first-order chi connectivity index (χ1) is 17.0. The molecule has 2 aromatic rings. The molecule has 0 aromatic heterocycles. The molecule has 3 rings (SSSR count). The number of anilines is 1. The Balaban J connectivity index is 1.55. The molecule has 0 unspecified atom stereocenters. The zero-order valence-electron chi connectivity index (χ0n) is 20.4. The van der Waals surface area contributed by atoms with Crippen molar-refractivity contribution >= 4 is 29.6 Å². The summed E-state index contributed by atoms with van der Waals surface area (Å²) >= 11 is 0. The first-order valence-electron chi connectivity index (χ1n) is 11.5. The molecule has 2 amide bonds. The molecule has 0 saturated heterocycles. The highest BCUT2D eigenvalue weighted by Gasteiger charge is 2.29. The summed E-state index contributed by atoms with van der Waals surface area (Å²) in [5.74, 6) is -1.68. The van der Waals surface area contributed by atoms with Gasteiger partial charge in [0.15, 0.2) is 6.10 Å². The van der Waals surface area contributed by atoms with E-state index in [1.807, 2.05) is 30.3 Å². The number of alkyl carbamates (subject to hydrolysis) is 1. The molecule has 3 N–H and O–H groups in total. The Bertz CT molecular complexity index is 1110. The fraction of sp³-hybridized carbons (Fsp3) is 0.385. The van der Waals surface area contributed by atoms with Crippen LogP contribution in [0.1, 0.15) is 44.7 Å². The van der Waals surface area contributed by atoms with Crippen molar-refractivity contribution in [1.82, 2.24) is 5.32 Å². The van der Waals surface area contributed by atoms with Gasteiger partial charge in [-0.3, -0.25) is 9.59 Å². The van der Waals surface area contributed by atoms with Gasteiger partial charge in [-0.05, 0) is 44.0 Å². The lowest BCUT2D eigenvalue weighted by molar-refractivity contribution is -0.145. The average molecular weight is 499 g/mol. The lowest BCUT2D eigenvalue weighted by Gasteiger charge is -2.26. The van der Waals surface area contributed by atoms with Crippen LogP contribution in [0.3, 0.4) is 0 Å². The molecule has 36 heavy (non-hydrogen) atoms. The average Bonchev–Trinajstić information content (AvgIpc) is 2.80. The minimum atomic E-state index is -1.23. The molecule has 1 aliphatic heterocycles. The van der Waals surface area contributed by atoms with Crippen molar-refractivity contribution in [3.8, 4) is 5.75 Å². The van der Waals surface area contributed by atoms with Crippen molar-refractivity contribution in [3.63, 3.8) is 0 Å². The molecule has 0 bridgehead atoms. The topological polar surface area (TPSA) is 140 Å². The van der Waals surface area contributed by atoms with Crippen molar-refractivity contribution in [1.29, 1.82) is 0 Å². The third-order valence-electron chi connectivity index (χ3n) is 5.15. The van der Waals surface area contributed by atoms with Crippen molar-refractivity contribution in [3.05, 3.63) is 59.7 Å². The van der Waals surface area contributed by atoms with Crippen LogP contribution in [0.2, 0.25) is 0 Å². The van der Waals surface area contributed by atoms with Gasteiger partial charge in [0.2, 0.25) is 0 Å². The Labute approximate surface area is 208 Å². The number of fused-ring (bicyclic) bond motifs is 1. The van der Waals surface area contributed by atoms with E-state index in [1.54, 1.807) is 39.0 Å². The number of carboxylic acids is 1. The van der Waals surface area contributed by atoms with Crippen LogP contribution < -0.4 is 15.4 Å². The number of esters is 1. The molecule has 2 atom stereocenters. The summed E-state index contributed by atoms with van der Waals surface area (Å²) in [6, 6.07) is 12.9. The van der Waals surface area contributed by atoms with Crippen LogP contribution in [0, 0.1) is 0 Å². The van der Waals surface area contributed by atoms with Gasteiger partial charge in [0, 0.05) is 19.3 Å². The Morgan fingerprint density at radius 2 is 1.83 bits per heavy atom. The molecular formula is C26H30N2O8. The van der Waals surface area contributed by atoms with Crippen LogP contribution in [-0.2, 0) is 36.9 Å². The molecule has 2 aromatic carbocycles. The molecule has 10 nitrogen and oxygen atoms in total. The third kappa shape index (κ3) is 8.00. The number of carbonyl (C=O) groups is 4. The van der Waals surface area contributed by atoms with Crippen molar-refractivity contribution < 1.29 is 38.5 Å². The summed E-state index contributed by atoms with van der Waals surface area (Å²) < 4.78 is 16.1. The highest BCUT2D eigenvalue weighted by molar-refractivity contribution is 5.98. The molecule has 10 heteroatoms. The molecule has 0 saturated carbocycles. The number of benzene rings is 2. The predicted octanol–water partition coefficient (Wildman–Crippen LogP) is 3.43. The SMILES string of the molecule is CC(C)(C)OC(=O)N[C@@H](Cc1ccc2c(c1)NC(=O)[C@@H](CCC(=O)OCc1ccccc1)O2)C(=O)O. The Kier molecular flexibility index (Phi) is 8.52. The van der Waals surface area contributed by atoms with Gasteiger partial charge in [0.25, 0.3) is 5.91 Å². The number of nitrogens with one attached hydrogen (secondary N) is 2. The molecule has 0 radical (unpaired) electrons. The largest absolute Gasteiger partial charge is 0.480 e. The lowest BCUT2D eigenvalue weighted by atomic mass is 10.0. The Morgan fingerprint density at radius 1 is 1.11 bits per heavy atom. The van der Waals surface area contributed by atoms with E-state index in [0.29, 0.717) is 17.0 Å². The number of carboxylic acid groups (broad SMARTS) is 1. The Hall–Kier alpha value is -4.08. The van der Waals surface area contributed by atoms with Gasteiger partial charge in [-0.2, -0.15) is 0 Å². The molecular weight excluding hydrogens is 468 g/mol. The first kappa shape index (κ1) is 26.5. The minimum Gasteiger partial charge on any atom is -0.480 e. The van der Waals surface area contributed by atoms with Crippen LogP contribution >= 0.6 is 0 Å². The summed E-state index contributed by atoms with van der Waals surface area (Å²) in [5.41, 5.74) is 1.04. The number of hydrogen-bond donors (Lipinski definition) is 3. The van der Waals surface area contributed by atoms with Gasteiger partial charge in [-0.1, -0.05) is 36.4 Å². The number of hydrogen-bond acceptors (Lipinski definition) is 7. The molecule has 1 aliphatic rings. The lowest BCUT2D eigenvalue weighted by Crippen LogP contribution is -2.44. The second-order valence-electron chi connectivity index (χ2n) is 9.35. The summed E-state index contributed by atoms with van der Waals surface area (Å²) in [7, 11) is 0. The highest BCUT2D eigenvalue weighted by atomic mass is 16.6. The van der Waals surface area contributed by atoms with E-state index in [9.17, 15) is 24.3 Å². The maximum atomic E-state index is 12.5. The van der Waals surface area contributed by atoms with E-state index in [2.05, 4.69) is 10.6 Å². The van der Waals surface area contributed by atoms with Gasteiger partial charge in [0.1, 0.15) is 24.0 Å². The van der Waals surface area contributed by atoms with E-state index < -0.39 is 41.7 Å². The van der Waals surface area contributed by atoms with Gasteiger partial charge >= 0.3 is 18.0 Å². The zero-order chi connectivity index (χ0) is 26.3. The quantitative estimate of drug-likeness (QED) is 0.447. The van der Waals surface area contributed by atoms with Crippen LogP contribution in [0.25, 0.3) is 0 Å². The summed E-state index contributed by atoms with van der Waals surface area (Å²) in [6.45, 7) is 5.18. The van der Waals surface area contributed by atoms with Crippen molar-refractivity contribution in [2.75, 3.05) is 5.32 Å². The Morgan fingerprint density at radius 3 is 2.50 bits per heavy atom. The number of rotatable bonds is 9. The molecule has 192 valence electrons. The van der Waals surface area contributed by atoms with Gasteiger partial charge in [-0.25, -0.2) is 9.59 Å². The van der Waals surface area contributed by atoms with E-state index >= 15 is 0 Å². The fourth-order valence-corrected chi connectivity index (χ4v) is 3.46. The third-order valence-corrected chi connectivity index (χ3v) is 5.15. The minimum absolute atomic E-state index is 0.00889. The van der Waals surface area contributed by atoms with Crippen LogP contribution in [0.15, 0.2) is 48.5 Å². The van der Waals surface area contributed by atoms with Crippen LogP contribution in [0.5, 0.6) is 5.75 Å². The zero-order valence-corrected chi connectivity index (χ0v) is 20.4. The summed E-state index contributed by atoms with van der Waals surface area (Å²) in [6.07, 6.45) is -1.59. The smallest absolute Gasteiger partial charge is 0.408 e.